The minimum atomic E-state index is 0.543. The van der Waals surface area contributed by atoms with Crippen molar-refractivity contribution in [3.8, 4) is 34.3 Å². The van der Waals surface area contributed by atoms with E-state index >= 15 is 0 Å². The normalized spacial score (nSPS) is 10.0. The average molecular weight is 275 g/mol. The maximum Gasteiger partial charge on any atom is 0.221 e. The standard InChI is InChI=1S/C15H17NO4/c1-17-12-8-10(9-13(18-2)14(12)19-3)11-6-5-7-16-15(11)20-4/h5-9H,1-4H3. The first-order chi connectivity index (χ1) is 9.74. The second kappa shape index (κ2) is 6.14. The van der Waals surface area contributed by atoms with E-state index < -0.39 is 0 Å². The van der Waals surface area contributed by atoms with Crippen LogP contribution in [-0.2, 0) is 0 Å². The van der Waals surface area contributed by atoms with Crippen molar-refractivity contribution in [1.82, 2.24) is 4.98 Å². The molecule has 0 unspecified atom stereocenters. The highest BCUT2D eigenvalue weighted by Gasteiger charge is 2.16. The molecule has 0 saturated heterocycles. The third-order valence-electron chi connectivity index (χ3n) is 2.94. The molecule has 1 heterocycles. The van der Waals surface area contributed by atoms with E-state index in [2.05, 4.69) is 4.98 Å². The SMILES string of the molecule is COc1cc(-c2cccnc2OC)cc(OC)c1OC. The zero-order valence-corrected chi connectivity index (χ0v) is 12.0. The van der Waals surface area contributed by atoms with Crippen LogP contribution in [0.4, 0.5) is 0 Å². The molecule has 0 atom stereocenters. The number of aromatic nitrogens is 1. The fraction of sp³-hybridized carbons (Fsp3) is 0.267. The van der Waals surface area contributed by atoms with Crippen LogP contribution in [0.2, 0.25) is 0 Å². The van der Waals surface area contributed by atoms with Crippen molar-refractivity contribution in [2.24, 2.45) is 0 Å². The van der Waals surface area contributed by atoms with Gasteiger partial charge in [0.1, 0.15) is 0 Å². The molecule has 2 aromatic rings. The molecule has 20 heavy (non-hydrogen) atoms. The van der Waals surface area contributed by atoms with E-state index in [0.29, 0.717) is 23.1 Å². The Kier molecular flexibility index (Phi) is 4.30. The van der Waals surface area contributed by atoms with Gasteiger partial charge in [-0.25, -0.2) is 4.98 Å². The van der Waals surface area contributed by atoms with Crippen molar-refractivity contribution in [3.63, 3.8) is 0 Å². The summed E-state index contributed by atoms with van der Waals surface area (Å²) in [5.74, 6) is 2.28. The zero-order chi connectivity index (χ0) is 14.5. The Hall–Kier alpha value is -2.43. The van der Waals surface area contributed by atoms with Crippen molar-refractivity contribution in [2.75, 3.05) is 28.4 Å². The van der Waals surface area contributed by atoms with Crippen LogP contribution in [0, 0.1) is 0 Å². The lowest BCUT2D eigenvalue weighted by Gasteiger charge is -2.15. The largest absolute Gasteiger partial charge is 0.493 e. The summed E-state index contributed by atoms with van der Waals surface area (Å²) in [6, 6.07) is 7.50. The molecule has 1 aromatic heterocycles. The molecule has 0 saturated carbocycles. The molecule has 5 nitrogen and oxygen atoms in total. The first kappa shape index (κ1) is 14.0. The van der Waals surface area contributed by atoms with Crippen LogP contribution in [0.15, 0.2) is 30.5 Å². The Balaban J connectivity index is 2.63. The second-order valence-electron chi connectivity index (χ2n) is 3.97. The van der Waals surface area contributed by atoms with Gasteiger partial charge >= 0.3 is 0 Å². The monoisotopic (exact) mass is 275 g/mol. The zero-order valence-electron chi connectivity index (χ0n) is 12.0. The van der Waals surface area contributed by atoms with Crippen LogP contribution < -0.4 is 18.9 Å². The highest BCUT2D eigenvalue weighted by atomic mass is 16.5. The number of nitrogens with zero attached hydrogens (tertiary/aromatic N) is 1. The van der Waals surface area contributed by atoms with Crippen molar-refractivity contribution < 1.29 is 18.9 Å². The van der Waals surface area contributed by atoms with Crippen molar-refractivity contribution >= 4 is 0 Å². The highest BCUT2D eigenvalue weighted by Crippen LogP contribution is 2.42. The maximum atomic E-state index is 5.35. The van der Waals surface area contributed by atoms with Gasteiger partial charge in [-0.3, -0.25) is 0 Å². The van der Waals surface area contributed by atoms with Gasteiger partial charge in [-0.2, -0.15) is 0 Å². The summed E-state index contributed by atoms with van der Waals surface area (Å²) in [6.45, 7) is 0. The number of methoxy groups -OCH3 is 4. The molecular formula is C15H17NO4. The van der Waals surface area contributed by atoms with Crippen LogP contribution in [0.5, 0.6) is 23.1 Å². The number of hydrogen-bond donors (Lipinski definition) is 0. The van der Waals surface area contributed by atoms with Gasteiger partial charge < -0.3 is 18.9 Å². The molecule has 0 amide bonds. The van der Waals surface area contributed by atoms with Crippen LogP contribution in [0.3, 0.4) is 0 Å². The van der Waals surface area contributed by atoms with Gasteiger partial charge in [0.25, 0.3) is 0 Å². The Morgan fingerprint density at radius 1 is 0.850 bits per heavy atom. The van der Waals surface area contributed by atoms with Gasteiger partial charge in [-0.1, -0.05) is 0 Å². The van der Waals surface area contributed by atoms with Crippen LogP contribution in [-0.4, -0.2) is 33.4 Å². The minimum Gasteiger partial charge on any atom is -0.493 e. The molecular weight excluding hydrogens is 258 g/mol. The summed E-state index contributed by atoms with van der Waals surface area (Å²) in [7, 11) is 6.33. The number of hydrogen-bond acceptors (Lipinski definition) is 5. The van der Waals surface area contributed by atoms with Crippen molar-refractivity contribution in [2.45, 2.75) is 0 Å². The number of ether oxygens (including phenoxy) is 4. The molecule has 2 rings (SSSR count). The van der Waals surface area contributed by atoms with E-state index in [1.807, 2.05) is 24.3 Å². The number of benzene rings is 1. The topological polar surface area (TPSA) is 49.8 Å². The summed E-state index contributed by atoms with van der Waals surface area (Å²) in [5.41, 5.74) is 1.73. The van der Waals surface area contributed by atoms with E-state index in [0.717, 1.165) is 11.1 Å². The Morgan fingerprint density at radius 2 is 1.50 bits per heavy atom. The third kappa shape index (κ3) is 2.47. The van der Waals surface area contributed by atoms with Gasteiger partial charge in [-0.05, 0) is 29.8 Å². The second-order valence-corrected chi connectivity index (χ2v) is 3.97. The molecule has 5 heteroatoms. The lowest BCUT2D eigenvalue weighted by atomic mass is 10.1. The molecule has 0 fully saturated rings. The first-order valence-electron chi connectivity index (χ1n) is 6.04. The first-order valence-corrected chi connectivity index (χ1v) is 6.04. The van der Waals surface area contributed by atoms with Crippen molar-refractivity contribution in [1.29, 1.82) is 0 Å². The Morgan fingerprint density at radius 3 is 2.00 bits per heavy atom. The third-order valence-corrected chi connectivity index (χ3v) is 2.94. The fourth-order valence-corrected chi connectivity index (χ4v) is 2.01. The molecule has 0 aliphatic carbocycles. The average Bonchev–Trinajstić information content (AvgIpc) is 2.53. The highest BCUT2D eigenvalue weighted by molar-refractivity contribution is 5.74. The van der Waals surface area contributed by atoms with E-state index in [1.54, 1.807) is 34.6 Å². The van der Waals surface area contributed by atoms with Crippen LogP contribution in [0.25, 0.3) is 11.1 Å². The molecule has 1 aromatic carbocycles. The molecule has 0 bridgehead atoms. The molecule has 0 aliphatic rings. The Bertz CT molecular complexity index is 573. The molecule has 0 spiro atoms. The van der Waals surface area contributed by atoms with Gasteiger partial charge in [0, 0.05) is 11.8 Å². The predicted octanol–water partition coefficient (Wildman–Crippen LogP) is 2.78. The lowest BCUT2D eigenvalue weighted by molar-refractivity contribution is 0.324. The number of pyridine rings is 1. The molecule has 0 radical (unpaired) electrons. The molecule has 0 N–H and O–H groups in total. The van der Waals surface area contributed by atoms with Gasteiger partial charge in [0.15, 0.2) is 11.5 Å². The molecule has 106 valence electrons. The van der Waals surface area contributed by atoms with Crippen molar-refractivity contribution in [3.05, 3.63) is 30.5 Å². The molecule has 0 aliphatic heterocycles. The summed E-state index contributed by atoms with van der Waals surface area (Å²) in [5, 5.41) is 0. The van der Waals surface area contributed by atoms with E-state index in [-0.39, 0.29) is 0 Å². The van der Waals surface area contributed by atoms with E-state index in [1.165, 1.54) is 0 Å². The fourth-order valence-electron chi connectivity index (χ4n) is 2.01. The lowest BCUT2D eigenvalue weighted by Crippen LogP contribution is -1.97. The number of rotatable bonds is 5. The van der Waals surface area contributed by atoms with Crippen LogP contribution >= 0.6 is 0 Å². The maximum absolute atomic E-state index is 5.35. The van der Waals surface area contributed by atoms with E-state index in [9.17, 15) is 0 Å². The Labute approximate surface area is 118 Å². The summed E-state index contributed by atoms with van der Waals surface area (Å²) < 4.78 is 21.3. The summed E-state index contributed by atoms with van der Waals surface area (Å²) >= 11 is 0. The van der Waals surface area contributed by atoms with Crippen LogP contribution in [0.1, 0.15) is 0 Å². The summed E-state index contributed by atoms with van der Waals surface area (Å²) in [6.07, 6.45) is 1.68. The van der Waals surface area contributed by atoms with Gasteiger partial charge in [0.05, 0.1) is 28.4 Å². The quantitative estimate of drug-likeness (QED) is 0.839. The van der Waals surface area contributed by atoms with E-state index in [4.69, 9.17) is 18.9 Å². The summed E-state index contributed by atoms with van der Waals surface area (Å²) in [4.78, 5) is 4.19. The van der Waals surface area contributed by atoms with Gasteiger partial charge in [-0.15, -0.1) is 0 Å². The predicted molar refractivity (Wildman–Crippen MR) is 75.9 cm³/mol. The van der Waals surface area contributed by atoms with Gasteiger partial charge in [0.2, 0.25) is 11.6 Å². The smallest absolute Gasteiger partial charge is 0.221 e. The minimum absolute atomic E-state index is 0.543.